The fraction of sp³-hybridized carbons (Fsp3) is 0.571. The summed E-state index contributed by atoms with van der Waals surface area (Å²) in [4.78, 5) is 1.98. The van der Waals surface area contributed by atoms with Crippen molar-refractivity contribution in [2.45, 2.75) is 32.2 Å². The Hall–Kier alpha value is -1.14. The summed E-state index contributed by atoms with van der Waals surface area (Å²) >= 11 is 0. The molecule has 0 amide bonds. The van der Waals surface area contributed by atoms with Crippen molar-refractivity contribution < 1.29 is 22.7 Å². The Morgan fingerprint density at radius 1 is 1.40 bits per heavy atom. The lowest BCUT2D eigenvalue weighted by molar-refractivity contribution is -0.140. The second kappa shape index (κ2) is 5.69. The average Bonchev–Trinajstić information content (AvgIpc) is 2.79. The van der Waals surface area contributed by atoms with Crippen molar-refractivity contribution in [3.8, 4) is 0 Å². The molecular formula is C14H17F4NO. The van der Waals surface area contributed by atoms with Gasteiger partial charge in [-0.2, -0.15) is 13.2 Å². The molecule has 0 radical (unpaired) electrons. The van der Waals surface area contributed by atoms with E-state index in [1.165, 1.54) is 6.07 Å². The minimum atomic E-state index is -4.67. The van der Waals surface area contributed by atoms with Crippen LogP contribution in [0, 0.1) is 11.7 Å². The number of hydrogen-bond acceptors (Lipinski definition) is 2. The van der Waals surface area contributed by atoms with Crippen molar-refractivity contribution in [3.05, 3.63) is 35.1 Å². The zero-order valence-electron chi connectivity index (χ0n) is 11.1. The van der Waals surface area contributed by atoms with Gasteiger partial charge < -0.3 is 5.11 Å². The quantitative estimate of drug-likeness (QED) is 0.865. The summed E-state index contributed by atoms with van der Waals surface area (Å²) in [5.74, 6) is -1.10. The van der Waals surface area contributed by atoms with Crippen LogP contribution in [0.3, 0.4) is 0 Å². The molecule has 2 nitrogen and oxygen atoms in total. The highest BCUT2D eigenvalue weighted by Gasteiger charge is 2.34. The summed E-state index contributed by atoms with van der Waals surface area (Å²) in [5, 5.41) is 9.50. The van der Waals surface area contributed by atoms with E-state index >= 15 is 0 Å². The van der Waals surface area contributed by atoms with Crippen molar-refractivity contribution in [2.24, 2.45) is 5.92 Å². The van der Waals surface area contributed by atoms with Gasteiger partial charge in [-0.3, -0.25) is 4.90 Å². The van der Waals surface area contributed by atoms with Gasteiger partial charge in [0.1, 0.15) is 5.82 Å². The van der Waals surface area contributed by atoms with Crippen LogP contribution in [-0.4, -0.2) is 29.2 Å². The van der Waals surface area contributed by atoms with Gasteiger partial charge in [0.05, 0.1) is 11.7 Å². The number of benzene rings is 1. The molecule has 112 valence electrons. The highest BCUT2D eigenvalue weighted by atomic mass is 19.4. The number of hydrogen-bond donors (Lipinski definition) is 1. The molecule has 1 heterocycles. The maximum Gasteiger partial charge on any atom is 0.419 e. The molecule has 1 N–H and O–H groups in total. The molecule has 1 saturated heterocycles. The van der Waals surface area contributed by atoms with Gasteiger partial charge >= 0.3 is 6.18 Å². The first-order valence-electron chi connectivity index (χ1n) is 6.53. The maximum atomic E-state index is 13.2. The number of halogens is 4. The molecule has 1 aliphatic heterocycles. The van der Waals surface area contributed by atoms with Gasteiger partial charge in [-0.1, -0.05) is 6.07 Å². The lowest BCUT2D eigenvalue weighted by Gasteiger charge is -2.18. The first-order valence-corrected chi connectivity index (χ1v) is 6.53. The van der Waals surface area contributed by atoms with E-state index in [2.05, 4.69) is 0 Å². The van der Waals surface area contributed by atoms with Crippen LogP contribution in [0.4, 0.5) is 17.6 Å². The molecule has 0 aliphatic carbocycles. The second-order valence-corrected chi connectivity index (χ2v) is 5.34. The Morgan fingerprint density at radius 3 is 2.65 bits per heavy atom. The summed E-state index contributed by atoms with van der Waals surface area (Å²) < 4.78 is 51.1. The third kappa shape index (κ3) is 3.49. The fourth-order valence-corrected chi connectivity index (χ4v) is 2.55. The van der Waals surface area contributed by atoms with Crippen molar-refractivity contribution in [3.63, 3.8) is 0 Å². The Bertz CT molecular complexity index is 473. The molecule has 6 heteroatoms. The molecule has 1 aromatic carbocycles. The zero-order chi connectivity index (χ0) is 14.9. The molecule has 0 spiro atoms. The van der Waals surface area contributed by atoms with Gasteiger partial charge in [-0.05, 0) is 43.5 Å². The van der Waals surface area contributed by atoms with E-state index in [1.807, 2.05) is 4.90 Å². The van der Waals surface area contributed by atoms with E-state index < -0.39 is 23.7 Å². The predicted octanol–water partition coefficient (Wildman–Crippen LogP) is 3.05. The largest absolute Gasteiger partial charge is 0.419 e. The van der Waals surface area contributed by atoms with E-state index in [4.69, 9.17) is 0 Å². The minimum Gasteiger partial charge on any atom is -0.393 e. The molecule has 0 bridgehead atoms. The molecule has 2 unspecified atom stereocenters. The SMILES string of the molecule is CC(O)C1CCN(Cc2ccc(F)c(C(F)(F)F)c2)C1. The van der Waals surface area contributed by atoms with Gasteiger partial charge in [0.2, 0.25) is 0 Å². The Labute approximate surface area is 115 Å². The smallest absolute Gasteiger partial charge is 0.393 e. The van der Waals surface area contributed by atoms with E-state index in [1.54, 1.807) is 6.92 Å². The normalized spacial score (nSPS) is 22.2. The van der Waals surface area contributed by atoms with E-state index in [0.717, 1.165) is 25.1 Å². The number of nitrogens with zero attached hydrogens (tertiary/aromatic N) is 1. The van der Waals surface area contributed by atoms with Crippen LogP contribution < -0.4 is 0 Å². The number of aliphatic hydroxyl groups is 1. The highest BCUT2D eigenvalue weighted by molar-refractivity contribution is 5.27. The van der Waals surface area contributed by atoms with Crippen LogP contribution in [0.25, 0.3) is 0 Å². The number of alkyl halides is 3. The first-order chi connectivity index (χ1) is 9.27. The van der Waals surface area contributed by atoms with Gasteiger partial charge in [0.25, 0.3) is 0 Å². The monoisotopic (exact) mass is 291 g/mol. The Kier molecular flexibility index (Phi) is 4.34. The lowest BCUT2D eigenvalue weighted by atomic mass is 10.0. The molecule has 1 aromatic rings. The van der Waals surface area contributed by atoms with E-state index in [-0.39, 0.29) is 5.92 Å². The average molecular weight is 291 g/mol. The third-order valence-corrected chi connectivity index (χ3v) is 3.73. The number of aliphatic hydroxyl groups excluding tert-OH is 1. The maximum absolute atomic E-state index is 13.2. The zero-order valence-corrected chi connectivity index (χ0v) is 11.1. The van der Waals surface area contributed by atoms with Gasteiger partial charge in [0.15, 0.2) is 0 Å². The molecule has 20 heavy (non-hydrogen) atoms. The molecule has 1 aliphatic rings. The van der Waals surface area contributed by atoms with Crippen LogP contribution >= 0.6 is 0 Å². The molecule has 2 rings (SSSR count). The lowest BCUT2D eigenvalue weighted by Crippen LogP contribution is -2.24. The molecule has 1 fully saturated rings. The van der Waals surface area contributed by atoms with E-state index in [0.29, 0.717) is 18.7 Å². The number of likely N-dealkylation sites (tertiary alicyclic amines) is 1. The summed E-state index contributed by atoms with van der Waals surface area (Å²) in [6.45, 7) is 3.44. The summed E-state index contributed by atoms with van der Waals surface area (Å²) in [6, 6.07) is 3.10. The van der Waals surface area contributed by atoms with Crippen LogP contribution in [0.15, 0.2) is 18.2 Å². The molecule has 0 saturated carbocycles. The van der Waals surface area contributed by atoms with E-state index in [9.17, 15) is 22.7 Å². The third-order valence-electron chi connectivity index (χ3n) is 3.73. The summed E-state index contributed by atoms with van der Waals surface area (Å²) in [5.41, 5.74) is -0.786. The summed E-state index contributed by atoms with van der Waals surface area (Å²) in [7, 11) is 0. The Morgan fingerprint density at radius 2 is 2.10 bits per heavy atom. The Balaban J connectivity index is 2.08. The van der Waals surface area contributed by atoms with Crippen molar-refractivity contribution in [1.82, 2.24) is 4.90 Å². The molecule has 0 aromatic heterocycles. The second-order valence-electron chi connectivity index (χ2n) is 5.34. The van der Waals surface area contributed by atoms with Gasteiger partial charge in [-0.15, -0.1) is 0 Å². The minimum absolute atomic E-state index is 0.150. The molecule has 2 atom stereocenters. The standard InChI is InChI=1S/C14H17F4NO/c1-9(20)11-4-5-19(8-11)7-10-2-3-13(15)12(6-10)14(16,17)18/h2-3,6,9,11,20H,4-5,7-8H2,1H3. The summed E-state index contributed by atoms with van der Waals surface area (Å²) in [6.07, 6.45) is -4.27. The van der Waals surface area contributed by atoms with Crippen LogP contribution in [-0.2, 0) is 12.7 Å². The topological polar surface area (TPSA) is 23.5 Å². The van der Waals surface area contributed by atoms with Gasteiger partial charge in [0, 0.05) is 13.1 Å². The van der Waals surface area contributed by atoms with Crippen molar-refractivity contribution in [1.29, 1.82) is 0 Å². The predicted molar refractivity (Wildman–Crippen MR) is 66.5 cm³/mol. The van der Waals surface area contributed by atoms with Gasteiger partial charge in [-0.25, -0.2) is 4.39 Å². The first kappa shape index (κ1) is 15.3. The number of rotatable bonds is 3. The van der Waals surface area contributed by atoms with Crippen LogP contribution in [0.1, 0.15) is 24.5 Å². The fourth-order valence-electron chi connectivity index (χ4n) is 2.55. The van der Waals surface area contributed by atoms with Crippen LogP contribution in [0.5, 0.6) is 0 Å². The molecular weight excluding hydrogens is 274 g/mol. The van der Waals surface area contributed by atoms with Crippen LogP contribution in [0.2, 0.25) is 0 Å². The highest BCUT2D eigenvalue weighted by Crippen LogP contribution is 2.32. The van der Waals surface area contributed by atoms with Crippen molar-refractivity contribution >= 4 is 0 Å². The van der Waals surface area contributed by atoms with Crippen molar-refractivity contribution in [2.75, 3.05) is 13.1 Å².